The van der Waals surface area contributed by atoms with Gasteiger partial charge in [-0.1, -0.05) is 144 Å². The van der Waals surface area contributed by atoms with Crippen molar-refractivity contribution < 1.29 is 9.22 Å². The standard InChI is InChI=1S/C28H58O2Si/c1-7-10-11-12-13-14-15-16-17-18-19-20-21-22-23-24-25-26-27(29)30-31(8-2,9-3)28(4,5)6/h7-26H2,1-6H3. The average Bonchev–Trinajstić information content (AvgIpc) is 2.73. The Morgan fingerprint density at radius 1 is 0.581 bits per heavy atom. The monoisotopic (exact) mass is 454 g/mol. The summed E-state index contributed by atoms with van der Waals surface area (Å²) < 4.78 is 6.13. The van der Waals surface area contributed by atoms with E-state index in [0.29, 0.717) is 6.42 Å². The number of rotatable bonds is 21. The van der Waals surface area contributed by atoms with Crippen molar-refractivity contribution >= 4 is 14.3 Å². The first-order valence-corrected chi connectivity index (χ1v) is 16.4. The SMILES string of the molecule is CCCCCCCCCCCCCCCCCCCC(=O)O[Si](CC)(CC)C(C)(C)C. The van der Waals surface area contributed by atoms with Gasteiger partial charge in [-0.15, -0.1) is 0 Å². The van der Waals surface area contributed by atoms with Crippen LogP contribution in [-0.4, -0.2) is 14.3 Å². The summed E-state index contributed by atoms with van der Waals surface area (Å²) in [4.78, 5) is 12.4. The lowest BCUT2D eigenvalue weighted by Gasteiger charge is -2.40. The smallest absolute Gasteiger partial charge is 0.292 e. The predicted octanol–water partition coefficient (Wildman–Crippen LogP) is 10.4. The van der Waals surface area contributed by atoms with Crippen LogP contribution in [0.15, 0.2) is 0 Å². The van der Waals surface area contributed by atoms with Gasteiger partial charge in [-0.25, -0.2) is 0 Å². The molecule has 0 rings (SSSR count). The summed E-state index contributed by atoms with van der Waals surface area (Å²) in [5, 5.41) is 0.125. The van der Waals surface area contributed by atoms with E-state index in [9.17, 15) is 4.79 Å². The van der Waals surface area contributed by atoms with Crippen LogP contribution in [0.4, 0.5) is 0 Å². The van der Waals surface area contributed by atoms with Gasteiger partial charge in [0.25, 0.3) is 14.3 Å². The molecule has 0 aliphatic heterocycles. The highest BCUT2D eigenvalue weighted by atomic mass is 28.4. The Morgan fingerprint density at radius 3 is 1.19 bits per heavy atom. The highest BCUT2D eigenvalue weighted by molar-refractivity contribution is 6.77. The maximum atomic E-state index is 12.4. The molecule has 186 valence electrons. The first kappa shape index (κ1) is 30.7. The lowest BCUT2D eigenvalue weighted by atomic mass is 10.0. The van der Waals surface area contributed by atoms with E-state index in [4.69, 9.17) is 4.43 Å². The van der Waals surface area contributed by atoms with Crippen LogP contribution in [0.5, 0.6) is 0 Å². The molecule has 0 saturated carbocycles. The summed E-state index contributed by atoms with van der Waals surface area (Å²) in [7, 11) is -1.97. The van der Waals surface area contributed by atoms with Gasteiger partial charge < -0.3 is 4.43 Å². The number of hydrogen-bond donors (Lipinski definition) is 0. The summed E-state index contributed by atoms with van der Waals surface area (Å²) in [5.41, 5.74) is 0. The Morgan fingerprint density at radius 2 is 0.903 bits per heavy atom. The summed E-state index contributed by atoms with van der Waals surface area (Å²) in [5.74, 6) is 0.0613. The molecule has 0 aliphatic carbocycles. The molecular formula is C28H58O2Si. The Balaban J connectivity index is 3.51. The molecule has 0 N–H and O–H groups in total. The van der Waals surface area contributed by atoms with Gasteiger partial charge in [-0.2, -0.15) is 0 Å². The first-order chi connectivity index (χ1) is 14.8. The zero-order valence-corrected chi connectivity index (χ0v) is 23.5. The van der Waals surface area contributed by atoms with Crippen molar-refractivity contribution in [1.29, 1.82) is 0 Å². The summed E-state index contributed by atoms with van der Waals surface area (Å²) in [6.45, 7) is 13.4. The third-order valence-electron chi connectivity index (χ3n) is 7.30. The van der Waals surface area contributed by atoms with Crippen molar-refractivity contribution in [2.75, 3.05) is 0 Å². The summed E-state index contributed by atoms with van der Waals surface area (Å²) in [6.07, 6.45) is 23.9. The maximum Gasteiger partial charge on any atom is 0.292 e. The van der Waals surface area contributed by atoms with Gasteiger partial charge >= 0.3 is 0 Å². The van der Waals surface area contributed by atoms with Crippen LogP contribution in [-0.2, 0) is 9.22 Å². The van der Waals surface area contributed by atoms with Crippen molar-refractivity contribution in [1.82, 2.24) is 0 Å². The molecule has 0 spiro atoms. The van der Waals surface area contributed by atoms with Crippen LogP contribution in [0.25, 0.3) is 0 Å². The first-order valence-electron chi connectivity index (χ1n) is 14.0. The fourth-order valence-corrected chi connectivity index (χ4v) is 8.63. The number of unbranched alkanes of at least 4 members (excludes halogenated alkanes) is 16. The van der Waals surface area contributed by atoms with E-state index in [1.165, 1.54) is 103 Å². The minimum atomic E-state index is -1.97. The van der Waals surface area contributed by atoms with Gasteiger partial charge in [0.2, 0.25) is 0 Å². The second kappa shape index (κ2) is 19.2. The molecule has 0 unspecified atom stereocenters. The van der Waals surface area contributed by atoms with Crippen LogP contribution >= 0.6 is 0 Å². The minimum Gasteiger partial charge on any atom is -0.519 e. The third-order valence-corrected chi connectivity index (χ3v) is 12.9. The van der Waals surface area contributed by atoms with Crippen molar-refractivity contribution in [3.63, 3.8) is 0 Å². The van der Waals surface area contributed by atoms with Gasteiger partial charge in [-0.05, 0) is 23.5 Å². The quantitative estimate of drug-likeness (QED) is 0.127. The van der Waals surface area contributed by atoms with E-state index >= 15 is 0 Å². The van der Waals surface area contributed by atoms with Crippen LogP contribution in [0.1, 0.15) is 157 Å². The minimum absolute atomic E-state index is 0.0613. The van der Waals surface area contributed by atoms with Crippen LogP contribution in [0, 0.1) is 0 Å². The lowest BCUT2D eigenvalue weighted by molar-refractivity contribution is -0.135. The molecular weight excluding hydrogens is 396 g/mol. The Labute approximate surface area is 197 Å². The highest BCUT2D eigenvalue weighted by Crippen LogP contribution is 2.42. The molecule has 0 bridgehead atoms. The number of carbonyl (C=O) groups excluding carboxylic acids is 1. The largest absolute Gasteiger partial charge is 0.519 e. The van der Waals surface area contributed by atoms with Crippen molar-refractivity contribution in [3.05, 3.63) is 0 Å². The van der Waals surface area contributed by atoms with Crippen molar-refractivity contribution in [2.24, 2.45) is 0 Å². The molecule has 0 aromatic heterocycles. The topological polar surface area (TPSA) is 26.3 Å². The van der Waals surface area contributed by atoms with E-state index in [0.717, 1.165) is 18.5 Å². The molecule has 0 aromatic carbocycles. The van der Waals surface area contributed by atoms with E-state index in [1.54, 1.807) is 0 Å². The van der Waals surface area contributed by atoms with Gasteiger partial charge in [-0.3, -0.25) is 4.79 Å². The van der Waals surface area contributed by atoms with Gasteiger partial charge in [0.15, 0.2) is 0 Å². The fourth-order valence-electron chi connectivity index (χ4n) is 4.87. The van der Waals surface area contributed by atoms with Crippen LogP contribution < -0.4 is 0 Å². The third kappa shape index (κ3) is 15.2. The normalized spacial score (nSPS) is 12.3. The molecule has 0 amide bonds. The number of hydrogen-bond acceptors (Lipinski definition) is 2. The molecule has 0 heterocycles. The van der Waals surface area contributed by atoms with Crippen LogP contribution in [0.2, 0.25) is 17.1 Å². The Hall–Kier alpha value is -0.313. The van der Waals surface area contributed by atoms with Crippen molar-refractivity contribution in [2.45, 2.75) is 174 Å². The molecule has 3 heteroatoms. The zero-order chi connectivity index (χ0) is 23.4. The van der Waals surface area contributed by atoms with E-state index < -0.39 is 8.32 Å². The number of carbonyl (C=O) groups is 1. The average molecular weight is 455 g/mol. The molecule has 0 saturated heterocycles. The molecule has 31 heavy (non-hydrogen) atoms. The Kier molecular flexibility index (Phi) is 19.0. The molecule has 2 nitrogen and oxygen atoms in total. The van der Waals surface area contributed by atoms with Gasteiger partial charge in [0, 0.05) is 6.42 Å². The second-order valence-electron chi connectivity index (χ2n) is 10.8. The van der Waals surface area contributed by atoms with E-state index in [1.807, 2.05) is 0 Å². The zero-order valence-electron chi connectivity index (χ0n) is 22.5. The van der Waals surface area contributed by atoms with Gasteiger partial charge in [0.05, 0.1) is 0 Å². The summed E-state index contributed by atoms with van der Waals surface area (Å²) >= 11 is 0. The predicted molar refractivity (Wildman–Crippen MR) is 141 cm³/mol. The maximum absolute atomic E-state index is 12.4. The Bertz CT molecular complexity index is 410. The summed E-state index contributed by atoms with van der Waals surface area (Å²) in [6, 6.07) is 2.05. The van der Waals surface area contributed by atoms with E-state index in [2.05, 4.69) is 41.5 Å². The van der Waals surface area contributed by atoms with Crippen LogP contribution in [0.3, 0.4) is 0 Å². The molecule has 0 radical (unpaired) electrons. The second-order valence-corrected chi connectivity index (χ2v) is 15.9. The molecule has 0 aliphatic rings. The molecule has 0 fully saturated rings. The van der Waals surface area contributed by atoms with Gasteiger partial charge in [0.1, 0.15) is 0 Å². The van der Waals surface area contributed by atoms with Crippen molar-refractivity contribution in [3.8, 4) is 0 Å². The molecule has 0 aromatic rings. The molecule has 0 atom stereocenters. The highest BCUT2D eigenvalue weighted by Gasteiger charge is 2.46. The van der Waals surface area contributed by atoms with E-state index in [-0.39, 0.29) is 11.0 Å². The lowest BCUT2D eigenvalue weighted by Crippen LogP contribution is -2.47. The fraction of sp³-hybridized carbons (Fsp3) is 0.964.